The Balaban J connectivity index is 3.01. The van der Waals surface area contributed by atoms with E-state index in [0.717, 1.165) is 0 Å². The van der Waals surface area contributed by atoms with E-state index in [4.69, 9.17) is 0 Å². The lowest BCUT2D eigenvalue weighted by Crippen LogP contribution is -2.21. The molecular formula is C5H3Br2F2N3O2S. The molecule has 1 aromatic heterocycles. The van der Waals surface area contributed by atoms with Gasteiger partial charge in [-0.05, 0) is 31.9 Å². The molecule has 15 heavy (non-hydrogen) atoms. The second-order valence-corrected chi connectivity index (χ2v) is 5.45. The van der Waals surface area contributed by atoms with E-state index in [-0.39, 0.29) is 10.4 Å². The lowest BCUT2D eigenvalue weighted by Gasteiger charge is -2.06. The van der Waals surface area contributed by atoms with E-state index >= 15 is 0 Å². The van der Waals surface area contributed by atoms with Crippen LogP contribution in [0.15, 0.2) is 15.4 Å². The van der Waals surface area contributed by atoms with Crippen LogP contribution in [0.4, 0.5) is 14.6 Å². The number of halogens is 4. The van der Waals surface area contributed by atoms with Crippen LogP contribution in [-0.2, 0) is 10.0 Å². The molecule has 0 atom stereocenters. The minimum Gasteiger partial charge on any atom is -0.260 e. The number of aromatic nitrogens is 2. The average Bonchev–Trinajstić information content (AvgIpc) is 2.09. The quantitative estimate of drug-likeness (QED) is 0.887. The van der Waals surface area contributed by atoms with Crippen LogP contribution in [0, 0.1) is 0 Å². The molecule has 5 nitrogen and oxygen atoms in total. The van der Waals surface area contributed by atoms with Gasteiger partial charge >= 0.3 is 5.76 Å². The van der Waals surface area contributed by atoms with Gasteiger partial charge in [0.2, 0.25) is 0 Å². The van der Waals surface area contributed by atoms with Gasteiger partial charge in [0.25, 0.3) is 10.0 Å². The predicted molar refractivity (Wildman–Crippen MR) is 56.0 cm³/mol. The van der Waals surface area contributed by atoms with Gasteiger partial charge in [0, 0.05) is 0 Å². The Hall–Kier alpha value is -0.350. The molecule has 0 bridgehead atoms. The van der Waals surface area contributed by atoms with Crippen molar-refractivity contribution in [2.45, 2.75) is 5.76 Å². The molecule has 0 fully saturated rings. The molecule has 10 heteroatoms. The number of rotatable bonds is 3. The zero-order chi connectivity index (χ0) is 11.6. The summed E-state index contributed by atoms with van der Waals surface area (Å²) in [7, 11) is -4.72. The van der Waals surface area contributed by atoms with Gasteiger partial charge in [-0.3, -0.25) is 4.72 Å². The summed E-state index contributed by atoms with van der Waals surface area (Å²) in [6.07, 6.45) is 1.17. The fraction of sp³-hybridized carbons (Fsp3) is 0.200. The van der Waals surface area contributed by atoms with Crippen LogP contribution in [0.3, 0.4) is 0 Å². The molecule has 1 N–H and O–H groups in total. The summed E-state index contributed by atoms with van der Waals surface area (Å²) < 4.78 is 47.5. The summed E-state index contributed by atoms with van der Waals surface area (Å²) in [5.74, 6) is -3.81. The fourth-order valence-electron chi connectivity index (χ4n) is 0.594. The highest BCUT2D eigenvalue weighted by atomic mass is 79.9. The van der Waals surface area contributed by atoms with Crippen molar-refractivity contribution < 1.29 is 17.2 Å². The lowest BCUT2D eigenvalue weighted by atomic mass is 10.7. The average molecular weight is 367 g/mol. The molecule has 0 aliphatic carbocycles. The molecule has 0 aliphatic heterocycles. The van der Waals surface area contributed by atoms with E-state index in [1.54, 1.807) is 4.72 Å². The number of sulfonamides is 1. The highest BCUT2D eigenvalue weighted by molar-refractivity contribution is 9.11. The lowest BCUT2D eigenvalue weighted by molar-refractivity contribution is 0.236. The summed E-state index contributed by atoms with van der Waals surface area (Å²) in [5, 5.41) is 0. The normalized spacial score (nSPS) is 11.8. The van der Waals surface area contributed by atoms with Crippen LogP contribution in [0.1, 0.15) is 0 Å². The minimum absolute atomic E-state index is 0.0149. The number of hydrogen-bond acceptors (Lipinski definition) is 4. The summed E-state index contributed by atoms with van der Waals surface area (Å²) in [6, 6.07) is 0. The second-order valence-electron chi connectivity index (χ2n) is 2.24. The molecule has 1 aromatic rings. The second kappa shape index (κ2) is 4.66. The van der Waals surface area contributed by atoms with Crippen molar-refractivity contribution in [2.75, 3.05) is 4.72 Å². The Kier molecular flexibility index (Phi) is 3.95. The predicted octanol–water partition coefficient (Wildman–Crippen LogP) is 1.97. The Labute approximate surface area is 101 Å². The Morgan fingerprint density at radius 2 is 2.00 bits per heavy atom. The first-order valence-corrected chi connectivity index (χ1v) is 6.44. The number of nitrogens with one attached hydrogen (secondary N) is 1. The zero-order valence-electron chi connectivity index (χ0n) is 6.79. The van der Waals surface area contributed by atoms with Crippen molar-refractivity contribution in [2.24, 2.45) is 0 Å². The molecule has 84 valence electrons. The van der Waals surface area contributed by atoms with Crippen LogP contribution >= 0.6 is 31.9 Å². The van der Waals surface area contributed by atoms with E-state index in [2.05, 4.69) is 41.8 Å². The summed E-state index contributed by atoms with van der Waals surface area (Å²) in [5.41, 5.74) is 0. The van der Waals surface area contributed by atoms with Crippen molar-refractivity contribution in [1.82, 2.24) is 9.97 Å². The Morgan fingerprint density at radius 1 is 1.40 bits per heavy atom. The summed E-state index contributed by atoms with van der Waals surface area (Å²) in [4.78, 5) is 7.28. The molecule has 0 aromatic carbocycles. The van der Waals surface area contributed by atoms with Gasteiger partial charge in [0.05, 0.1) is 6.20 Å². The largest absolute Gasteiger partial charge is 0.355 e. The van der Waals surface area contributed by atoms with Crippen LogP contribution in [0.25, 0.3) is 0 Å². The van der Waals surface area contributed by atoms with Gasteiger partial charge in [0.1, 0.15) is 4.60 Å². The number of alkyl halides is 2. The molecule has 0 saturated heterocycles. The highest BCUT2D eigenvalue weighted by Gasteiger charge is 2.25. The molecule has 0 saturated carbocycles. The van der Waals surface area contributed by atoms with E-state index in [1.807, 2.05) is 0 Å². The maximum Gasteiger partial charge on any atom is 0.355 e. The van der Waals surface area contributed by atoms with Crippen molar-refractivity contribution in [3.05, 3.63) is 15.4 Å². The summed E-state index contributed by atoms with van der Waals surface area (Å²) >= 11 is 5.85. The molecule has 0 radical (unpaired) electrons. The monoisotopic (exact) mass is 365 g/mol. The maximum atomic E-state index is 12.0. The molecule has 1 rings (SSSR count). The van der Waals surface area contributed by atoms with Crippen LogP contribution in [-0.4, -0.2) is 24.1 Å². The Morgan fingerprint density at radius 3 is 2.47 bits per heavy atom. The summed E-state index contributed by atoms with van der Waals surface area (Å²) in [6.45, 7) is 0. The third-order valence-corrected chi connectivity index (χ3v) is 3.06. The molecule has 1 heterocycles. The van der Waals surface area contributed by atoms with Gasteiger partial charge < -0.3 is 0 Å². The molecule has 0 aliphatic rings. The molecule has 0 amide bonds. The van der Waals surface area contributed by atoms with Crippen molar-refractivity contribution in [3.8, 4) is 0 Å². The topological polar surface area (TPSA) is 72.0 Å². The standard InChI is InChI=1S/C5H3Br2F2N3O2S/c6-2-1-10-4(3(7)11-2)12-15(13,14)5(8)9/h1,5H,(H,10,12). The van der Waals surface area contributed by atoms with E-state index < -0.39 is 15.8 Å². The zero-order valence-corrected chi connectivity index (χ0v) is 10.8. The van der Waals surface area contributed by atoms with Crippen molar-refractivity contribution in [3.63, 3.8) is 0 Å². The van der Waals surface area contributed by atoms with Gasteiger partial charge in [-0.25, -0.2) is 18.4 Å². The van der Waals surface area contributed by atoms with Crippen molar-refractivity contribution >= 4 is 47.7 Å². The third kappa shape index (κ3) is 3.31. The van der Waals surface area contributed by atoms with Crippen molar-refractivity contribution in [1.29, 1.82) is 0 Å². The molecule has 0 spiro atoms. The first-order chi connectivity index (χ1) is 6.83. The number of nitrogens with zero attached hydrogens (tertiary/aromatic N) is 2. The van der Waals surface area contributed by atoms with Gasteiger partial charge in [-0.2, -0.15) is 8.78 Å². The van der Waals surface area contributed by atoms with Crippen LogP contribution in [0.5, 0.6) is 0 Å². The SMILES string of the molecule is O=S(=O)(Nc1ncc(Br)nc1Br)C(F)F. The van der Waals surface area contributed by atoms with Gasteiger partial charge in [-0.15, -0.1) is 0 Å². The fourth-order valence-corrected chi connectivity index (χ4v) is 2.14. The van der Waals surface area contributed by atoms with Crippen LogP contribution < -0.4 is 4.72 Å². The first-order valence-electron chi connectivity index (χ1n) is 3.31. The van der Waals surface area contributed by atoms with E-state index in [9.17, 15) is 17.2 Å². The molecule has 0 unspecified atom stereocenters. The molecular weight excluding hydrogens is 364 g/mol. The van der Waals surface area contributed by atoms with Gasteiger partial charge in [0.15, 0.2) is 10.4 Å². The number of hydrogen-bond donors (Lipinski definition) is 1. The highest BCUT2D eigenvalue weighted by Crippen LogP contribution is 2.21. The minimum atomic E-state index is -4.72. The smallest absolute Gasteiger partial charge is 0.260 e. The van der Waals surface area contributed by atoms with E-state index in [1.165, 1.54) is 6.20 Å². The third-order valence-electron chi connectivity index (χ3n) is 1.17. The Bertz CT molecular complexity index is 467. The van der Waals surface area contributed by atoms with E-state index in [0.29, 0.717) is 4.60 Å². The first kappa shape index (κ1) is 12.7. The maximum absolute atomic E-state index is 12.0. The van der Waals surface area contributed by atoms with Gasteiger partial charge in [-0.1, -0.05) is 0 Å². The number of anilines is 1. The van der Waals surface area contributed by atoms with Crippen LogP contribution in [0.2, 0.25) is 0 Å².